The van der Waals surface area contributed by atoms with Gasteiger partial charge in [-0.3, -0.25) is 4.79 Å². The molecule has 0 radical (unpaired) electrons. The molecule has 25 heavy (non-hydrogen) atoms. The molecule has 2 aromatic rings. The summed E-state index contributed by atoms with van der Waals surface area (Å²) in [4.78, 5) is 19.7. The van der Waals surface area contributed by atoms with E-state index in [1.165, 1.54) is 24.5 Å². The van der Waals surface area contributed by atoms with E-state index < -0.39 is 11.7 Å². The van der Waals surface area contributed by atoms with E-state index in [1.54, 1.807) is 7.11 Å². The lowest BCUT2D eigenvalue weighted by molar-refractivity contribution is -0.137. The average Bonchev–Trinajstić information content (AvgIpc) is 2.59. The highest BCUT2D eigenvalue weighted by Gasteiger charge is 2.30. The van der Waals surface area contributed by atoms with Crippen molar-refractivity contribution in [2.24, 2.45) is 0 Å². The molecule has 1 aromatic heterocycles. The molecule has 1 heterocycles. The fourth-order valence-corrected chi connectivity index (χ4v) is 1.93. The number of ether oxygens (including phenoxy) is 1. The predicted octanol–water partition coefficient (Wildman–Crippen LogP) is 3.01. The van der Waals surface area contributed by atoms with Gasteiger partial charge in [-0.1, -0.05) is 6.07 Å². The Hall–Kier alpha value is -2.68. The Morgan fingerprint density at radius 3 is 2.60 bits per heavy atom. The molecule has 2 N–H and O–H groups in total. The lowest BCUT2D eigenvalue weighted by atomic mass is 10.2. The van der Waals surface area contributed by atoms with Crippen molar-refractivity contribution in [3.63, 3.8) is 0 Å². The Labute approximate surface area is 142 Å². The molecule has 0 saturated heterocycles. The number of amides is 1. The van der Waals surface area contributed by atoms with E-state index in [1.807, 2.05) is 0 Å². The van der Waals surface area contributed by atoms with Crippen LogP contribution in [0.1, 0.15) is 22.3 Å². The summed E-state index contributed by atoms with van der Waals surface area (Å²) in [6.07, 6.45) is -1.15. The number of aromatic nitrogens is 2. The molecule has 0 spiro atoms. The zero-order chi connectivity index (χ0) is 18.3. The van der Waals surface area contributed by atoms with Crippen molar-refractivity contribution in [1.82, 2.24) is 15.3 Å². The minimum atomic E-state index is -4.43. The summed E-state index contributed by atoms with van der Waals surface area (Å²) in [6, 6.07) is 4.69. The van der Waals surface area contributed by atoms with Gasteiger partial charge in [-0.25, -0.2) is 9.97 Å². The van der Waals surface area contributed by atoms with Gasteiger partial charge in [-0.15, -0.1) is 0 Å². The third-order valence-electron chi connectivity index (χ3n) is 3.17. The summed E-state index contributed by atoms with van der Waals surface area (Å²) >= 11 is 0. The molecule has 1 aromatic carbocycles. The first-order valence-electron chi connectivity index (χ1n) is 7.43. The Kier molecular flexibility index (Phi) is 6.29. The van der Waals surface area contributed by atoms with Crippen LogP contribution in [0.2, 0.25) is 0 Å². The Morgan fingerprint density at radius 1 is 1.24 bits per heavy atom. The second-order valence-corrected chi connectivity index (χ2v) is 5.10. The fraction of sp³-hybridized carbons (Fsp3) is 0.312. The number of benzene rings is 1. The van der Waals surface area contributed by atoms with Crippen LogP contribution in [-0.2, 0) is 10.9 Å². The average molecular weight is 354 g/mol. The van der Waals surface area contributed by atoms with Gasteiger partial charge in [-0.2, -0.15) is 13.2 Å². The molecular formula is C16H17F3N4O2. The van der Waals surface area contributed by atoms with E-state index in [2.05, 4.69) is 20.6 Å². The Morgan fingerprint density at radius 2 is 1.96 bits per heavy atom. The maximum Gasteiger partial charge on any atom is 0.416 e. The molecule has 9 heteroatoms. The molecule has 0 fully saturated rings. The molecule has 0 aliphatic heterocycles. The van der Waals surface area contributed by atoms with Crippen LogP contribution in [0.25, 0.3) is 0 Å². The topological polar surface area (TPSA) is 76.1 Å². The number of carbonyl (C=O) groups is 1. The highest BCUT2D eigenvalue weighted by molar-refractivity contribution is 5.93. The van der Waals surface area contributed by atoms with Gasteiger partial charge in [0.2, 0.25) is 5.95 Å². The highest BCUT2D eigenvalue weighted by atomic mass is 19.4. The van der Waals surface area contributed by atoms with Gasteiger partial charge >= 0.3 is 6.18 Å². The van der Waals surface area contributed by atoms with Crippen molar-refractivity contribution in [1.29, 1.82) is 0 Å². The van der Waals surface area contributed by atoms with Crippen LogP contribution in [0.5, 0.6) is 0 Å². The van der Waals surface area contributed by atoms with Crippen LogP contribution in [0.15, 0.2) is 36.7 Å². The van der Waals surface area contributed by atoms with Crippen molar-refractivity contribution in [2.75, 3.05) is 25.6 Å². The quantitative estimate of drug-likeness (QED) is 0.748. The molecule has 6 nitrogen and oxygen atoms in total. The van der Waals surface area contributed by atoms with Crippen molar-refractivity contribution in [2.45, 2.75) is 12.6 Å². The van der Waals surface area contributed by atoms with Gasteiger partial charge in [0.1, 0.15) is 0 Å². The number of nitrogens with zero attached hydrogens (tertiary/aromatic N) is 2. The van der Waals surface area contributed by atoms with Gasteiger partial charge in [0.25, 0.3) is 5.91 Å². The highest BCUT2D eigenvalue weighted by Crippen LogP contribution is 2.31. The van der Waals surface area contributed by atoms with Crippen LogP contribution in [-0.4, -0.2) is 36.1 Å². The molecule has 1 amide bonds. The molecule has 2 rings (SSSR count). The first kappa shape index (κ1) is 18.7. The standard InChI is InChI=1S/C16H17F3N4O2/c1-25-7-3-6-20-14(24)11-9-21-15(22-10-11)23-13-5-2-4-12(8-13)16(17,18)19/h2,4-5,8-10H,3,6-7H2,1H3,(H,20,24)(H,21,22,23). The largest absolute Gasteiger partial charge is 0.416 e. The first-order valence-corrected chi connectivity index (χ1v) is 7.43. The zero-order valence-electron chi connectivity index (χ0n) is 13.4. The molecule has 0 aliphatic carbocycles. The van der Waals surface area contributed by atoms with E-state index in [0.29, 0.717) is 19.6 Å². The monoisotopic (exact) mass is 354 g/mol. The molecule has 0 saturated carbocycles. The Bertz CT molecular complexity index is 705. The number of rotatable bonds is 7. The maximum atomic E-state index is 12.7. The summed E-state index contributed by atoms with van der Waals surface area (Å²) in [7, 11) is 1.58. The number of halogens is 3. The Balaban J connectivity index is 1.97. The number of anilines is 2. The van der Waals surface area contributed by atoms with Crippen molar-refractivity contribution in [3.05, 3.63) is 47.8 Å². The van der Waals surface area contributed by atoms with Crippen LogP contribution >= 0.6 is 0 Å². The van der Waals surface area contributed by atoms with Crippen LogP contribution < -0.4 is 10.6 Å². The molecule has 0 aliphatic rings. The minimum Gasteiger partial charge on any atom is -0.385 e. The fourth-order valence-electron chi connectivity index (χ4n) is 1.93. The third-order valence-corrected chi connectivity index (χ3v) is 3.17. The first-order chi connectivity index (χ1) is 11.9. The number of hydrogen-bond acceptors (Lipinski definition) is 5. The van der Waals surface area contributed by atoms with Gasteiger partial charge in [0.05, 0.1) is 11.1 Å². The van der Waals surface area contributed by atoms with Crippen molar-refractivity contribution >= 4 is 17.5 Å². The second-order valence-electron chi connectivity index (χ2n) is 5.10. The normalized spacial score (nSPS) is 11.2. The number of nitrogens with one attached hydrogen (secondary N) is 2. The lowest BCUT2D eigenvalue weighted by Crippen LogP contribution is -2.25. The van der Waals surface area contributed by atoms with Gasteiger partial charge in [0.15, 0.2) is 0 Å². The molecule has 0 atom stereocenters. The second kappa shape index (κ2) is 8.43. The number of hydrogen-bond donors (Lipinski definition) is 2. The van der Waals surface area contributed by atoms with E-state index in [9.17, 15) is 18.0 Å². The van der Waals surface area contributed by atoms with Crippen LogP contribution in [0.3, 0.4) is 0 Å². The number of methoxy groups -OCH3 is 1. The van der Waals surface area contributed by atoms with Gasteiger partial charge in [-0.05, 0) is 24.6 Å². The van der Waals surface area contributed by atoms with E-state index in [0.717, 1.165) is 12.1 Å². The molecule has 134 valence electrons. The van der Waals surface area contributed by atoms with E-state index >= 15 is 0 Å². The van der Waals surface area contributed by atoms with E-state index in [4.69, 9.17) is 4.74 Å². The third kappa shape index (κ3) is 5.71. The molecule has 0 unspecified atom stereocenters. The summed E-state index contributed by atoms with van der Waals surface area (Å²) in [5, 5.41) is 5.35. The lowest BCUT2D eigenvalue weighted by Gasteiger charge is -2.10. The number of carbonyl (C=O) groups excluding carboxylic acids is 1. The molecular weight excluding hydrogens is 337 g/mol. The van der Waals surface area contributed by atoms with Gasteiger partial charge in [0, 0.05) is 38.3 Å². The van der Waals surface area contributed by atoms with Crippen LogP contribution in [0, 0.1) is 0 Å². The predicted molar refractivity (Wildman–Crippen MR) is 85.6 cm³/mol. The zero-order valence-corrected chi connectivity index (χ0v) is 13.4. The minimum absolute atomic E-state index is 0.0928. The van der Waals surface area contributed by atoms with Crippen molar-refractivity contribution in [3.8, 4) is 0 Å². The smallest absolute Gasteiger partial charge is 0.385 e. The maximum absolute atomic E-state index is 12.7. The summed E-state index contributed by atoms with van der Waals surface area (Å²) in [5.74, 6) is -0.239. The summed E-state index contributed by atoms with van der Waals surface area (Å²) < 4.78 is 42.9. The molecule has 0 bridgehead atoms. The van der Waals surface area contributed by atoms with E-state index in [-0.39, 0.29) is 23.1 Å². The van der Waals surface area contributed by atoms with Gasteiger partial charge < -0.3 is 15.4 Å². The van der Waals surface area contributed by atoms with Crippen LogP contribution in [0.4, 0.5) is 24.8 Å². The summed E-state index contributed by atoms with van der Waals surface area (Å²) in [6.45, 7) is 0.994. The van der Waals surface area contributed by atoms with Crippen molar-refractivity contribution < 1.29 is 22.7 Å². The number of alkyl halides is 3. The SMILES string of the molecule is COCCCNC(=O)c1cnc(Nc2cccc(C(F)(F)F)c2)nc1. The summed E-state index contributed by atoms with van der Waals surface area (Å²) in [5.41, 5.74) is -0.317.